The maximum Gasteiger partial charge on any atom is 0.0695 e. The van der Waals surface area contributed by atoms with Crippen molar-refractivity contribution in [1.82, 2.24) is 4.90 Å². The Labute approximate surface area is 100 Å². The van der Waals surface area contributed by atoms with E-state index in [9.17, 15) is 5.11 Å². The molecule has 2 aliphatic rings. The molecule has 1 heterocycles. The number of rotatable bonds is 2. The lowest BCUT2D eigenvalue weighted by molar-refractivity contribution is 0.000493. The molecule has 0 spiro atoms. The summed E-state index contributed by atoms with van der Waals surface area (Å²) >= 11 is 0. The molecule has 16 heavy (non-hydrogen) atoms. The Morgan fingerprint density at radius 2 is 1.62 bits per heavy atom. The predicted molar refractivity (Wildman–Crippen MR) is 67.4 cm³/mol. The second-order valence-electron chi connectivity index (χ2n) is 6.04. The van der Waals surface area contributed by atoms with E-state index in [0.717, 1.165) is 18.3 Å². The first-order valence-electron chi connectivity index (χ1n) is 7.10. The smallest absolute Gasteiger partial charge is 0.0695 e. The minimum Gasteiger partial charge on any atom is -0.391 e. The van der Waals surface area contributed by atoms with Crippen LogP contribution in [0.3, 0.4) is 0 Å². The SMILES string of the molecule is CC(C)C1CCN([C@@H]2CCCC[C@H]2O)CC1. The van der Waals surface area contributed by atoms with Gasteiger partial charge in [-0.15, -0.1) is 0 Å². The highest BCUT2D eigenvalue weighted by Crippen LogP contribution is 2.30. The van der Waals surface area contributed by atoms with E-state index in [1.165, 1.54) is 45.2 Å². The van der Waals surface area contributed by atoms with E-state index >= 15 is 0 Å². The molecule has 1 saturated heterocycles. The van der Waals surface area contributed by atoms with E-state index in [4.69, 9.17) is 0 Å². The fourth-order valence-electron chi connectivity index (χ4n) is 3.44. The number of hydrogen-bond donors (Lipinski definition) is 1. The van der Waals surface area contributed by atoms with Crippen molar-refractivity contribution in [2.24, 2.45) is 11.8 Å². The maximum atomic E-state index is 10.1. The summed E-state index contributed by atoms with van der Waals surface area (Å²) in [6.07, 6.45) is 7.39. The van der Waals surface area contributed by atoms with Gasteiger partial charge in [0, 0.05) is 6.04 Å². The van der Waals surface area contributed by atoms with Crippen LogP contribution in [0.5, 0.6) is 0 Å². The molecule has 2 nitrogen and oxygen atoms in total. The van der Waals surface area contributed by atoms with Crippen molar-refractivity contribution < 1.29 is 5.11 Å². The molecule has 1 aliphatic heterocycles. The van der Waals surface area contributed by atoms with E-state index in [0.29, 0.717) is 6.04 Å². The van der Waals surface area contributed by atoms with Crippen molar-refractivity contribution >= 4 is 0 Å². The van der Waals surface area contributed by atoms with Gasteiger partial charge in [-0.05, 0) is 50.6 Å². The summed E-state index contributed by atoms with van der Waals surface area (Å²) in [4.78, 5) is 2.56. The summed E-state index contributed by atoms with van der Waals surface area (Å²) in [7, 11) is 0. The Balaban J connectivity index is 1.83. The number of aliphatic hydroxyl groups is 1. The van der Waals surface area contributed by atoms with Gasteiger partial charge in [0.15, 0.2) is 0 Å². The van der Waals surface area contributed by atoms with Crippen LogP contribution in [0.2, 0.25) is 0 Å². The third-order valence-electron chi connectivity index (χ3n) is 4.68. The summed E-state index contributed by atoms with van der Waals surface area (Å²) in [6.45, 7) is 7.11. The summed E-state index contributed by atoms with van der Waals surface area (Å²) in [5.41, 5.74) is 0. The van der Waals surface area contributed by atoms with Crippen molar-refractivity contribution in [3.63, 3.8) is 0 Å². The molecule has 0 amide bonds. The van der Waals surface area contributed by atoms with Crippen LogP contribution in [-0.4, -0.2) is 35.2 Å². The molecule has 2 rings (SSSR count). The molecule has 0 bridgehead atoms. The number of nitrogens with zero attached hydrogens (tertiary/aromatic N) is 1. The Morgan fingerprint density at radius 1 is 1.00 bits per heavy atom. The third-order valence-corrected chi connectivity index (χ3v) is 4.68. The Morgan fingerprint density at radius 3 is 2.19 bits per heavy atom. The molecule has 94 valence electrons. The average molecular weight is 225 g/mol. The van der Waals surface area contributed by atoms with Gasteiger partial charge in [-0.1, -0.05) is 26.7 Å². The average Bonchev–Trinajstić information content (AvgIpc) is 2.30. The van der Waals surface area contributed by atoms with Crippen LogP contribution in [0, 0.1) is 11.8 Å². The van der Waals surface area contributed by atoms with Crippen LogP contribution >= 0.6 is 0 Å². The predicted octanol–water partition coefficient (Wildman–Crippen LogP) is 2.66. The minimum atomic E-state index is -0.0515. The Bertz CT molecular complexity index is 209. The highest BCUT2D eigenvalue weighted by atomic mass is 16.3. The van der Waals surface area contributed by atoms with Gasteiger partial charge >= 0.3 is 0 Å². The Kier molecular flexibility index (Phi) is 4.26. The quantitative estimate of drug-likeness (QED) is 0.781. The van der Waals surface area contributed by atoms with Gasteiger partial charge in [-0.3, -0.25) is 4.90 Å². The Hall–Kier alpha value is -0.0800. The minimum absolute atomic E-state index is 0.0515. The lowest BCUT2D eigenvalue weighted by Gasteiger charge is -2.42. The second kappa shape index (κ2) is 5.50. The van der Waals surface area contributed by atoms with Crippen LogP contribution < -0.4 is 0 Å². The molecule has 1 aliphatic carbocycles. The molecule has 1 saturated carbocycles. The summed E-state index contributed by atoms with van der Waals surface area (Å²) in [5, 5.41) is 10.1. The van der Waals surface area contributed by atoms with Crippen LogP contribution in [0.25, 0.3) is 0 Å². The number of aliphatic hydroxyl groups excluding tert-OH is 1. The fraction of sp³-hybridized carbons (Fsp3) is 1.00. The van der Waals surface area contributed by atoms with Crippen LogP contribution in [0.1, 0.15) is 52.4 Å². The van der Waals surface area contributed by atoms with E-state index in [-0.39, 0.29) is 6.10 Å². The maximum absolute atomic E-state index is 10.1. The van der Waals surface area contributed by atoms with Crippen LogP contribution in [-0.2, 0) is 0 Å². The van der Waals surface area contributed by atoms with Crippen molar-refractivity contribution in [2.45, 2.75) is 64.5 Å². The van der Waals surface area contributed by atoms with Gasteiger partial charge in [0.05, 0.1) is 6.10 Å². The summed E-state index contributed by atoms with van der Waals surface area (Å²) in [5.74, 6) is 1.75. The first-order valence-corrected chi connectivity index (χ1v) is 7.10. The van der Waals surface area contributed by atoms with E-state index in [1.807, 2.05) is 0 Å². The highest BCUT2D eigenvalue weighted by Gasteiger charge is 2.31. The number of hydrogen-bond acceptors (Lipinski definition) is 2. The zero-order valence-electron chi connectivity index (χ0n) is 10.9. The zero-order valence-corrected chi connectivity index (χ0v) is 10.9. The summed E-state index contributed by atoms with van der Waals surface area (Å²) < 4.78 is 0. The van der Waals surface area contributed by atoms with Gasteiger partial charge in [0.25, 0.3) is 0 Å². The molecule has 0 radical (unpaired) electrons. The molecular formula is C14H27NO. The highest BCUT2D eigenvalue weighted by molar-refractivity contribution is 4.86. The second-order valence-corrected chi connectivity index (χ2v) is 6.04. The lowest BCUT2D eigenvalue weighted by atomic mass is 9.84. The number of likely N-dealkylation sites (tertiary alicyclic amines) is 1. The summed E-state index contributed by atoms with van der Waals surface area (Å²) in [6, 6.07) is 0.474. The van der Waals surface area contributed by atoms with Gasteiger partial charge < -0.3 is 5.11 Å². The first kappa shape index (κ1) is 12.4. The zero-order chi connectivity index (χ0) is 11.5. The molecule has 1 N–H and O–H groups in total. The molecule has 2 fully saturated rings. The van der Waals surface area contributed by atoms with Gasteiger partial charge in [-0.2, -0.15) is 0 Å². The lowest BCUT2D eigenvalue weighted by Crippen LogP contribution is -2.49. The molecule has 0 aromatic carbocycles. The fourth-order valence-corrected chi connectivity index (χ4v) is 3.44. The topological polar surface area (TPSA) is 23.5 Å². The van der Waals surface area contributed by atoms with Crippen LogP contribution in [0.15, 0.2) is 0 Å². The molecule has 0 aromatic rings. The molecule has 0 unspecified atom stereocenters. The van der Waals surface area contributed by atoms with Gasteiger partial charge in [0.2, 0.25) is 0 Å². The molecule has 2 atom stereocenters. The van der Waals surface area contributed by atoms with Crippen molar-refractivity contribution in [2.75, 3.05) is 13.1 Å². The molecular weight excluding hydrogens is 198 g/mol. The monoisotopic (exact) mass is 225 g/mol. The van der Waals surface area contributed by atoms with Crippen molar-refractivity contribution in [1.29, 1.82) is 0 Å². The van der Waals surface area contributed by atoms with E-state index in [2.05, 4.69) is 18.7 Å². The van der Waals surface area contributed by atoms with E-state index in [1.54, 1.807) is 0 Å². The largest absolute Gasteiger partial charge is 0.391 e. The first-order chi connectivity index (χ1) is 7.68. The molecule has 2 heteroatoms. The van der Waals surface area contributed by atoms with Crippen LogP contribution in [0.4, 0.5) is 0 Å². The van der Waals surface area contributed by atoms with Gasteiger partial charge in [0.1, 0.15) is 0 Å². The third kappa shape index (κ3) is 2.78. The van der Waals surface area contributed by atoms with Crippen molar-refractivity contribution in [3.8, 4) is 0 Å². The van der Waals surface area contributed by atoms with Gasteiger partial charge in [-0.25, -0.2) is 0 Å². The van der Waals surface area contributed by atoms with Crippen molar-refractivity contribution in [3.05, 3.63) is 0 Å². The normalized spacial score (nSPS) is 34.5. The number of piperidine rings is 1. The standard InChI is InChI=1S/C14H27NO/c1-11(2)12-7-9-15(10-8-12)13-5-3-4-6-14(13)16/h11-14,16H,3-10H2,1-2H3/t13-,14-/m1/s1. The van der Waals surface area contributed by atoms with E-state index < -0.39 is 0 Å². The molecule has 0 aromatic heterocycles.